The summed E-state index contributed by atoms with van der Waals surface area (Å²) in [6.07, 6.45) is 0. The molecule has 1 aromatic heterocycles. The highest BCUT2D eigenvalue weighted by Crippen LogP contribution is 2.34. The maximum absolute atomic E-state index is 12.0. The van der Waals surface area contributed by atoms with Crippen molar-refractivity contribution in [2.24, 2.45) is 0 Å². The summed E-state index contributed by atoms with van der Waals surface area (Å²) in [6.45, 7) is 0. The van der Waals surface area contributed by atoms with Gasteiger partial charge in [-0.15, -0.1) is 11.3 Å². The zero-order valence-corrected chi connectivity index (χ0v) is 15.2. The average molecular weight is 398 g/mol. The van der Waals surface area contributed by atoms with E-state index in [0.717, 1.165) is 10.4 Å². The normalized spacial score (nSPS) is 10.5. The minimum absolute atomic E-state index is 0.324. The summed E-state index contributed by atoms with van der Waals surface area (Å²) in [5.74, 6) is 0. The van der Waals surface area contributed by atoms with Crippen molar-refractivity contribution < 1.29 is 4.79 Å². The summed E-state index contributed by atoms with van der Waals surface area (Å²) in [7, 11) is 0. The lowest BCUT2D eigenvalue weighted by molar-refractivity contribution is 0.262. The number of carbonyl (C=O) groups excluding carboxylic acids is 1. The van der Waals surface area contributed by atoms with Crippen molar-refractivity contribution in [3.05, 3.63) is 69.7 Å². The third-order valence-electron chi connectivity index (χ3n) is 3.09. The average Bonchev–Trinajstić information content (AvgIpc) is 2.97. The molecule has 7 heteroatoms. The van der Waals surface area contributed by atoms with Crippen molar-refractivity contribution >= 4 is 62.9 Å². The van der Waals surface area contributed by atoms with Crippen LogP contribution in [0.3, 0.4) is 0 Å². The van der Waals surface area contributed by atoms with Crippen molar-refractivity contribution in [3.63, 3.8) is 0 Å². The quantitative estimate of drug-likeness (QED) is 0.490. The lowest BCUT2D eigenvalue weighted by Gasteiger charge is -2.06. The van der Waals surface area contributed by atoms with Gasteiger partial charge in [0.2, 0.25) is 0 Å². The SMILES string of the molecule is O=C(Nc1ccc(Cl)cc1)Nc1ccc(-c2cc(Cl)cc(Cl)c2)s1. The molecule has 2 aromatic carbocycles. The second-order valence-electron chi connectivity index (χ2n) is 4.91. The molecule has 0 aliphatic rings. The van der Waals surface area contributed by atoms with Gasteiger partial charge >= 0.3 is 6.03 Å². The van der Waals surface area contributed by atoms with Crippen LogP contribution in [0.2, 0.25) is 15.1 Å². The van der Waals surface area contributed by atoms with Crippen LogP contribution in [0.15, 0.2) is 54.6 Å². The monoisotopic (exact) mass is 396 g/mol. The molecule has 3 aromatic rings. The number of anilines is 2. The molecular formula is C17H11Cl3N2OS. The van der Waals surface area contributed by atoms with Gasteiger partial charge in [-0.3, -0.25) is 5.32 Å². The van der Waals surface area contributed by atoms with Gasteiger partial charge in [-0.25, -0.2) is 4.79 Å². The summed E-state index contributed by atoms with van der Waals surface area (Å²) in [4.78, 5) is 13.0. The van der Waals surface area contributed by atoms with Crippen molar-refractivity contribution in [1.29, 1.82) is 0 Å². The van der Waals surface area contributed by atoms with E-state index in [4.69, 9.17) is 34.8 Å². The first kappa shape index (κ1) is 17.1. The Morgan fingerprint density at radius 1 is 0.792 bits per heavy atom. The zero-order chi connectivity index (χ0) is 17.1. The van der Waals surface area contributed by atoms with E-state index in [1.807, 2.05) is 24.3 Å². The summed E-state index contributed by atoms with van der Waals surface area (Å²) >= 11 is 19.3. The third kappa shape index (κ3) is 4.42. The van der Waals surface area contributed by atoms with Crippen LogP contribution >= 0.6 is 46.1 Å². The number of amides is 2. The number of hydrogen-bond donors (Lipinski definition) is 2. The van der Waals surface area contributed by atoms with Crippen LogP contribution in [0.5, 0.6) is 0 Å². The number of rotatable bonds is 3. The highest BCUT2D eigenvalue weighted by Gasteiger charge is 2.08. The Morgan fingerprint density at radius 3 is 2.12 bits per heavy atom. The molecule has 0 aliphatic heterocycles. The Balaban J connectivity index is 1.69. The minimum Gasteiger partial charge on any atom is -0.308 e. The molecule has 1 heterocycles. The van der Waals surface area contributed by atoms with Crippen LogP contribution in [0, 0.1) is 0 Å². The van der Waals surface area contributed by atoms with Gasteiger partial charge in [0.15, 0.2) is 0 Å². The zero-order valence-electron chi connectivity index (χ0n) is 12.1. The van der Waals surface area contributed by atoms with Crippen molar-refractivity contribution in [2.75, 3.05) is 10.6 Å². The Bertz CT molecular complexity index is 858. The van der Waals surface area contributed by atoms with Crippen LogP contribution in [-0.4, -0.2) is 6.03 Å². The molecule has 2 amide bonds. The smallest absolute Gasteiger partial charge is 0.308 e. The first-order valence-corrected chi connectivity index (χ1v) is 8.84. The second-order valence-corrected chi connectivity index (χ2v) is 7.30. The van der Waals surface area contributed by atoms with Gasteiger partial charge in [0.1, 0.15) is 0 Å². The van der Waals surface area contributed by atoms with Crippen LogP contribution in [-0.2, 0) is 0 Å². The predicted molar refractivity (Wildman–Crippen MR) is 104 cm³/mol. The Hall–Kier alpha value is -1.72. The van der Waals surface area contributed by atoms with Crippen LogP contribution in [0.25, 0.3) is 10.4 Å². The Kier molecular flexibility index (Phi) is 5.31. The first-order chi connectivity index (χ1) is 11.5. The van der Waals surface area contributed by atoms with E-state index >= 15 is 0 Å². The van der Waals surface area contributed by atoms with Gasteiger partial charge in [0, 0.05) is 25.6 Å². The van der Waals surface area contributed by atoms with E-state index in [9.17, 15) is 4.79 Å². The molecule has 2 N–H and O–H groups in total. The number of halogens is 3. The molecule has 0 bridgehead atoms. The predicted octanol–water partition coefficient (Wildman–Crippen LogP) is 7.02. The van der Waals surface area contributed by atoms with Gasteiger partial charge in [-0.2, -0.15) is 0 Å². The summed E-state index contributed by atoms with van der Waals surface area (Å²) in [6, 6.07) is 15.6. The number of thiophene rings is 1. The summed E-state index contributed by atoms with van der Waals surface area (Å²) in [5, 5.41) is 8.01. The van der Waals surface area contributed by atoms with Gasteiger partial charge in [0.05, 0.1) is 5.00 Å². The van der Waals surface area contributed by atoms with Gasteiger partial charge < -0.3 is 5.32 Å². The van der Waals surface area contributed by atoms with E-state index < -0.39 is 0 Å². The molecule has 0 spiro atoms. The maximum atomic E-state index is 12.0. The molecule has 0 radical (unpaired) electrons. The highest BCUT2D eigenvalue weighted by molar-refractivity contribution is 7.19. The molecule has 3 rings (SSSR count). The molecule has 24 heavy (non-hydrogen) atoms. The fourth-order valence-corrected chi connectivity index (χ4v) is 3.60. The van der Waals surface area contributed by atoms with Crippen molar-refractivity contribution in [1.82, 2.24) is 0 Å². The van der Waals surface area contributed by atoms with Crippen LogP contribution in [0.1, 0.15) is 0 Å². The van der Waals surface area contributed by atoms with Gasteiger partial charge in [-0.05, 0) is 60.2 Å². The molecule has 0 aliphatic carbocycles. The summed E-state index contributed by atoms with van der Waals surface area (Å²) < 4.78 is 0. The molecule has 0 atom stereocenters. The van der Waals surface area contributed by atoms with E-state index in [1.165, 1.54) is 11.3 Å². The molecule has 0 fully saturated rings. The fourth-order valence-electron chi connectivity index (χ4n) is 2.06. The topological polar surface area (TPSA) is 41.1 Å². The van der Waals surface area contributed by atoms with Gasteiger partial charge in [-0.1, -0.05) is 34.8 Å². The number of hydrogen-bond acceptors (Lipinski definition) is 2. The second kappa shape index (κ2) is 7.45. The van der Waals surface area contributed by atoms with E-state index in [1.54, 1.807) is 30.3 Å². The number of nitrogens with one attached hydrogen (secondary N) is 2. The first-order valence-electron chi connectivity index (χ1n) is 6.89. The minimum atomic E-state index is -0.324. The Morgan fingerprint density at radius 2 is 1.46 bits per heavy atom. The van der Waals surface area contributed by atoms with Gasteiger partial charge in [0.25, 0.3) is 0 Å². The standard InChI is InChI=1S/C17H11Cl3N2OS/c18-11-1-3-14(4-2-11)21-17(23)22-16-6-5-15(24-16)10-7-12(19)9-13(20)8-10/h1-9H,(H2,21,22,23). The lowest BCUT2D eigenvalue weighted by Crippen LogP contribution is -2.18. The van der Waals surface area contributed by atoms with E-state index in [-0.39, 0.29) is 6.03 Å². The van der Waals surface area contributed by atoms with Crippen LogP contribution in [0.4, 0.5) is 15.5 Å². The molecule has 3 nitrogen and oxygen atoms in total. The molecular weight excluding hydrogens is 387 g/mol. The highest BCUT2D eigenvalue weighted by atomic mass is 35.5. The molecule has 0 unspecified atom stereocenters. The largest absolute Gasteiger partial charge is 0.324 e. The molecule has 0 saturated heterocycles. The van der Waals surface area contributed by atoms with Crippen molar-refractivity contribution in [3.8, 4) is 10.4 Å². The number of benzene rings is 2. The maximum Gasteiger partial charge on any atom is 0.324 e. The third-order valence-corrected chi connectivity index (χ3v) is 4.83. The number of carbonyl (C=O) groups is 1. The van der Waals surface area contributed by atoms with Crippen molar-refractivity contribution in [2.45, 2.75) is 0 Å². The van der Waals surface area contributed by atoms with E-state index in [2.05, 4.69) is 10.6 Å². The number of urea groups is 1. The lowest BCUT2D eigenvalue weighted by atomic mass is 10.2. The van der Waals surface area contributed by atoms with E-state index in [0.29, 0.717) is 25.8 Å². The summed E-state index contributed by atoms with van der Waals surface area (Å²) in [5.41, 5.74) is 1.57. The molecule has 122 valence electrons. The van der Waals surface area contributed by atoms with Crippen LogP contribution < -0.4 is 10.6 Å². The Labute approximate surface area is 158 Å². The molecule has 0 saturated carbocycles. The fraction of sp³-hybridized carbons (Fsp3) is 0.